The average molecular weight is 287 g/mol. The third-order valence-corrected chi connectivity index (χ3v) is 5.86. The highest BCUT2D eigenvalue weighted by atomic mass is 32.2. The van der Waals surface area contributed by atoms with E-state index in [2.05, 4.69) is 15.0 Å². The highest BCUT2D eigenvalue weighted by molar-refractivity contribution is 7.90. The van der Waals surface area contributed by atoms with Crippen LogP contribution in [-0.4, -0.2) is 44.9 Å². The Morgan fingerprint density at radius 2 is 1.95 bits per heavy atom. The second-order valence-electron chi connectivity index (χ2n) is 5.56. The smallest absolute Gasteiger partial charge is 0.299 e. The number of nitrogens with one attached hydrogen (secondary N) is 2. The zero-order valence-electron chi connectivity index (χ0n) is 11.0. The number of hydrogen-bond donors (Lipinski definition) is 2. The maximum atomic E-state index is 12.2. The number of rotatable bonds is 1. The normalized spacial score (nSPS) is 37.2. The van der Waals surface area contributed by atoms with Crippen molar-refractivity contribution in [2.45, 2.75) is 55.9 Å². The van der Waals surface area contributed by atoms with Crippen LogP contribution in [0.15, 0.2) is 4.99 Å². The monoisotopic (exact) mass is 287 g/mol. The van der Waals surface area contributed by atoms with Crippen molar-refractivity contribution < 1.29 is 13.2 Å². The van der Waals surface area contributed by atoms with Crippen LogP contribution < -0.4 is 10.0 Å². The molecule has 1 aliphatic carbocycles. The summed E-state index contributed by atoms with van der Waals surface area (Å²) in [5.41, 5.74) is 0. The van der Waals surface area contributed by atoms with E-state index in [1.54, 1.807) is 0 Å². The van der Waals surface area contributed by atoms with Crippen molar-refractivity contribution in [2.75, 3.05) is 13.1 Å². The van der Waals surface area contributed by atoms with Crippen molar-refractivity contribution in [3.63, 3.8) is 0 Å². The van der Waals surface area contributed by atoms with Gasteiger partial charge in [0.25, 0.3) is 6.02 Å². The van der Waals surface area contributed by atoms with E-state index in [-0.39, 0.29) is 18.2 Å². The van der Waals surface area contributed by atoms with Crippen molar-refractivity contribution in [1.82, 2.24) is 10.0 Å². The van der Waals surface area contributed by atoms with Crippen LogP contribution >= 0.6 is 0 Å². The molecule has 0 unspecified atom stereocenters. The first-order valence-electron chi connectivity index (χ1n) is 7.12. The van der Waals surface area contributed by atoms with Gasteiger partial charge in [-0.15, -0.1) is 0 Å². The Morgan fingerprint density at radius 1 is 1.16 bits per heavy atom. The van der Waals surface area contributed by atoms with E-state index in [0.29, 0.717) is 6.54 Å². The van der Waals surface area contributed by atoms with Crippen LogP contribution in [0.5, 0.6) is 0 Å². The Kier molecular flexibility index (Phi) is 3.66. The number of sulfonamides is 1. The number of nitrogens with zero attached hydrogens (tertiary/aromatic N) is 1. The van der Waals surface area contributed by atoms with Gasteiger partial charge >= 0.3 is 0 Å². The lowest BCUT2D eigenvalue weighted by Gasteiger charge is -2.36. The average Bonchev–Trinajstić information content (AvgIpc) is 2.39. The second-order valence-corrected chi connectivity index (χ2v) is 7.46. The lowest BCUT2D eigenvalue weighted by atomic mass is 9.96. The summed E-state index contributed by atoms with van der Waals surface area (Å²) in [6.45, 7) is 1.25. The van der Waals surface area contributed by atoms with Crippen LogP contribution in [0.3, 0.4) is 0 Å². The minimum Gasteiger partial charge on any atom is -0.460 e. The summed E-state index contributed by atoms with van der Waals surface area (Å²) in [5.74, 6) is 0. The van der Waals surface area contributed by atoms with Gasteiger partial charge in [0.1, 0.15) is 11.4 Å². The highest BCUT2D eigenvalue weighted by Crippen LogP contribution is 2.23. The zero-order valence-corrected chi connectivity index (χ0v) is 11.8. The van der Waals surface area contributed by atoms with E-state index < -0.39 is 15.3 Å². The molecule has 1 saturated carbocycles. The predicted octanol–water partition coefficient (Wildman–Crippen LogP) is 0.355. The molecule has 2 aliphatic heterocycles. The highest BCUT2D eigenvalue weighted by Gasteiger charge is 2.42. The summed E-state index contributed by atoms with van der Waals surface area (Å²) in [7, 11) is -3.35. The molecule has 3 fully saturated rings. The first-order valence-corrected chi connectivity index (χ1v) is 8.66. The van der Waals surface area contributed by atoms with E-state index in [4.69, 9.17) is 4.74 Å². The molecule has 0 amide bonds. The molecule has 2 atom stereocenters. The number of fused-ring (bicyclic) bond motifs is 1. The van der Waals surface area contributed by atoms with Crippen LogP contribution in [0, 0.1) is 0 Å². The topological polar surface area (TPSA) is 79.8 Å². The van der Waals surface area contributed by atoms with Gasteiger partial charge in [-0.25, -0.2) is 18.1 Å². The van der Waals surface area contributed by atoms with E-state index in [1.807, 2.05) is 0 Å². The molecule has 6 nitrogen and oxygen atoms in total. The van der Waals surface area contributed by atoms with Gasteiger partial charge in [-0.1, -0.05) is 19.3 Å². The largest absolute Gasteiger partial charge is 0.460 e. The predicted molar refractivity (Wildman–Crippen MR) is 72.5 cm³/mol. The number of amidine groups is 1. The SMILES string of the molecule is O=S1(=O)NC(=NC2CCCCC2)O[C@H]2CCNC[C@@H]21. The lowest BCUT2D eigenvalue weighted by molar-refractivity contribution is 0.137. The molecule has 0 aromatic carbocycles. The molecule has 19 heavy (non-hydrogen) atoms. The fourth-order valence-electron chi connectivity index (χ4n) is 3.05. The van der Waals surface area contributed by atoms with E-state index in [0.717, 1.165) is 25.8 Å². The molecular formula is C12H21N3O3S. The molecular weight excluding hydrogens is 266 g/mol. The maximum Gasteiger partial charge on any atom is 0.299 e. The molecule has 2 heterocycles. The zero-order chi connectivity index (χ0) is 13.3. The van der Waals surface area contributed by atoms with Crippen molar-refractivity contribution >= 4 is 16.0 Å². The van der Waals surface area contributed by atoms with Gasteiger partial charge in [0.05, 0.1) is 6.04 Å². The first kappa shape index (κ1) is 13.2. The van der Waals surface area contributed by atoms with E-state index >= 15 is 0 Å². The number of hydrogen-bond acceptors (Lipinski definition) is 5. The Bertz CT molecular complexity index is 457. The summed E-state index contributed by atoms with van der Waals surface area (Å²) < 4.78 is 32.6. The van der Waals surface area contributed by atoms with Crippen LogP contribution in [0.25, 0.3) is 0 Å². The maximum absolute atomic E-state index is 12.2. The van der Waals surface area contributed by atoms with Crippen LogP contribution in [0.4, 0.5) is 0 Å². The molecule has 2 N–H and O–H groups in total. The van der Waals surface area contributed by atoms with Gasteiger partial charge < -0.3 is 10.1 Å². The Hall–Kier alpha value is -0.820. The molecule has 108 valence electrons. The molecule has 2 saturated heterocycles. The van der Waals surface area contributed by atoms with Gasteiger partial charge in [0.2, 0.25) is 10.0 Å². The first-order chi connectivity index (χ1) is 9.15. The summed E-state index contributed by atoms with van der Waals surface area (Å²) in [5, 5.41) is 2.60. The van der Waals surface area contributed by atoms with Gasteiger partial charge in [-0.2, -0.15) is 0 Å². The molecule has 7 heteroatoms. The molecule has 0 aromatic rings. The lowest BCUT2D eigenvalue weighted by Crippen LogP contribution is -2.59. The van der Waals surface area contributed by atoms with Crippen molar-refractivity contribution in [1.29, 1.82) is 0 Å². The van der Waals surface area contributed by atoms with Gasteiger partial charge in [0, 0.05) is 6.54 Å². The molecule has 0 bridgehead atoms. The van der Waals surface area contributed by atoms with Gasteiger partial charge in [-0.3, -0.25) is 0 Å². The standard InChI is InChI=1S/C12H21N3O3S/c16-19(17)11-8-13-7-6-10(11)18-12(15-19)14-9-4-2-1-3-5-9/h9-11,13H,1-8H2,(H,14,15)/t10-,11-/m0/s1. The molecule has 3 rings (SSSR count). The molecule has 0 aromatic heterocycles. The Labute approximate surface area is 114 Å². The summed E-state index contributed by atoms with van der Waals surface area (Å²) >= 11 is 0. The number of aliphatic imine (C=N–C) groups is 1. The van der Waals surface area contributed by atoms with Crippen LogP contribution in [-0.2, 0) is 14.8 Å². The second kappa shape index (κ2) is 5.28. The minimum absolute atomic E-state index is 0.213. The van der Waals surface area contributed by atoms with Gasteiger partial charge in [-0.05, 0) is 25.8 Å². The molecule has 3 aliphatic rings. The third kappa shape index (κ3) is 2.86. The van der Waals surface area contributed by atoms with Crippen molar-refractivity contribution in [2.24, 2.45) is 4.99 Å². The minimum atomic E-state index is -3.35. The van der Waals surface area contributed by atoms with Crippen LogP contribution in [0.2, 0.25) is 0 Å². The van der Waals surface area contributed by atoms with Crippen molar-refractivity contribution in [3.05, 3.63) is 0 Å². The summed E-state index contributed by atoms with van der Waals surface area (Å²) in [4.78, 5) is 4.47. The Balaban J connectivity index is 1.75. The summed E-state index contributed by atoms with van der Waals surface area (Å²) in [6, 6.07) is 0.430. The number of ether oxygens (including phenoxy) is 1. The summed E-state index contributed by atoms with van der Waals surface area (Å²) in [6.07, 6.45) is 6.12. The van der Waals surface area contributed by atoms with E-state index in [1.165, 1.54) is 19.3 Å². The molecule has 0 radical (unpaired) electrons. The number of piperidine rings is 1. The molecule has 0 spiro atoms. The van der Waals surface area contributed by atoms with Gasteiger partial charge in [0.15, 0.2) is 0 Å². The van der Waals surface area contributed by atoms with Crippen LogP contribution in [0.1, 0.15) is 38.5 Å². The Morgan fingerprint density at radius 3 is 2.74 bits per heavy atom. The quantitative estimate of drug-likeness (QED) is 0.729. The van der Waals surface area contributed by atoms with Crippen molar-refractivity contribution in [3.8, 4) is 0 Å². The van der Waals surface area contributed by atoms with E-state index in [9.17, 15) is 8.42 Å². The fourth-order valence-corrected chi connectivity index (χ4v) is 4.47. The third-order valence-electron chi connectivity index (χ3n) is 4.13. The fraction of sp³-hybridized carbons (Fsp3) is 0.917.